The molecule has 1 saturated carbocycles. The van der Waals surface area contributed by atoms with E-state index in [1.165, 1.54) is 37.7 Å². The van der Waals surface area contributed by atoms with Gasteiger partial charge < -0.3 is 15.5 Å². The lowest BCUT2D eigenvalue weighted by molar-refractivity contribution is 0.105. The second kappa shape index (κ2) is 6.76. The van der Waals surface area contributed by atoms with E-state index in [-0.39, 0.29) is 6.61 Å². The molecule has 0 amide bonds. The molecule has 1 aromatic rings. The van der Waals surface area contributed by atoms with Gasteiger partial charge in [0.05, 0.1) is 12.7 Å². The highest BCUT2D eigenvalue weighted by Crippen LogP contribution is 2.32. The highest BCUT2D eigenvalue weighted by atomic mass is 16.3. The number of anilines is 1. The maximum absolute atomic E-state index is 9.27. The third-order valence-corrected chi connectivity index (χ3v) is 3.74. The SMILES string of the molecule is OC[C@@H](O)CNc1ccc(C2CCCCC2)cc1. The summed E-state index contributed by atoms with van der Waals surface area (Å²) < 4.78 is 0. The van der Waals surface area contributed by atoms with Crippen molar-refractivity contribution in [2.45, 2.75) is 44.1 Å². The molecule has 0 radical (unpaired) electrons. The van der Waals surface area contributed by atoms with Crippen molar-refractivity contribution in [3.8, 4) is 0 Å². The van der Waals surface area contributed by atoms with Gasteiger partial charge in [-0.05, 0) is 36.5 Å². The van der Waals surface area contributed by atoms with Gasteiger partial charge in [0.25, 0.3) is 0 Å². The first-order valence-electron chi connectivity index (χ1n) is 6.92. The van der Waals surface area contributed by atoms with Gasteiger partial charge in [-0.25, -0.2) is 0 Å². The van der Waals surface area contributed by atoms with Gasteiger partial charge in [0.2, 0.25) is 0 Å². The van der Waals surface area contributed by atoms with Gasteiger partial charge in [0.1, 0.15) is 0 Å². The largest absolute Gasteiger partial charge is 0.394 e. The van der Waals surface area contributed by atoms with Crippen LogP contribution in [0.2, 0.25) is 0 Å². The van der Waals surface area contributed by atoms with Gasteiger partial charge in [-0.15, -0.1) is 0 Å². The molecule has 3 heteroatoms. The Bertz CT molecular complexity index is 344. The lowest BCUT2D eigenvalue weighted by Gasteiger charge is -2.22. The van der Waals surface area contributed by atoms with Gasteiger partial charge in [0, 0.05) is 12.2 Å². The maximum atomic E-state index is 9.27. The molecule has 1 fully saturated rings. The number of aliphatic hydroxyl groups excluding tert-OH is 2. The number of hydrogen-bond acceptors (Lipinski definition) is 3. The fourth-order valence-electron chi connectivity index (χ4n) is 2.61. The summed E-state index contributed by atoms with van der Waals surface area (Å²) in [6, 6.07) is 8.50. The van der Waals surface area contributed by atoms with Crippen LogP contribution in [0.1, 0.15) is 43.6 Å². The standard InChI is InChI=1S/C15H23NO2/c17-11-15(18)10-16-14-8-6-13(7-9-14)12-4-2-1-3-5-12/h6-9,12,15-18H,1-5,10-11H2/t15-/m0/s1. The number of rotatable bonds is 5. The summed E-state index contributed by atoms with van der Waals surface area (Å²) in [5.74, 6) is 0.732. The average Bonchev–Trinajstić information content (AvgIpc) is 2.46. The first-order valence-corrected chi connectivity index (χ1v) is 6.92. The van der Waals surface area contributed by atoms with E-state index >= 15 is 0 Å². The molecule has 100 valence electrons. The Labute approximate surface area is 109 Å². The van der Waals surface area contributed by atoms with Gasteiger partial charge in [-0.3, -0.25) is 0 Å². The average molecular weight is 249 g/mol. The smallest absolute Gasteiger partial charge is 0.0942 e. The van der Waals surface area contributed by atoms with Gasteiger partial charge >= 0.3 is 0 Å². The van der Waals surface area contributed by atoms with Crippen molar-refractivity contribution in [2.75, 3.05) is 18.5 Å². The second-order valence-electron chi connectivity index (χ2n) is 5.17. The number of nitrogens with one attached hydrogen (secondary N) is 1. The van der Waals surface area contributed by atoms with Crippen molar-refractivity contribution >= 4 is 5.69 Å². The van der Waals surface area contributed by atoms with Crippen LogP contribution < -0.4 is 5.32 Å². The van der Waals surface area contributed by atoms with E-state index in [9.17, 15) is 5.11 Å². The summed E-state index contributed by atoms with van der Waals surface area (Å²) in [6.45, 7) is 0.187. The first-order chi connectivity index (χ1) is 8.79. The Kier molecular flexibility index (Phi) is 5.02. The monoisotopic (exact) mass is 249 g/mol. The van der Waals surface area contributed by atoms with Crippen LogP contribution in [0, 0.1) is 0 Å². The Hall–Kier alpha value is -1.06. The number of aliphatic hydroxyl groups is 2. The molecule has 1 atom stereocenters. The molecule has 0 bridgehead atoms. The molecule has 1 aliphatic rings. The first kappa shape index (κ1) is 13.4. The molecule has 3 nitrogen and oxygen atoms in total. The van der Waals surface area contributed by atoms with Crippen LogP contribution in [0.5, 0.6) is 0 Å². The van der Waals surface area contributed by atoms with Gasteiger partial charge in [-0.1, -0.05) is 31.4 Å². The van der Waals surface area contributed by atoms with E-state index in [0.717, 1.165) is 11.6 Å². The normalized spacial score (nSPS) is 18.6. The maximum Gasteiger partial charge on any atom is 0.0942 e. The van der Waals surface area contributed by atoms with Crippen LogP contribution in [0.15, 0.2) is 24.3 Å². The van der Waals surface area contributed by atoms with E-state index in [2.05, 4.69) is 29.6 Å². The van der Waals surface area contributed by atoms with E-state index in [1.807, 2.05) is 0 Å². The predicted octanol–water partition coefficient (Wildman–Crippen LogP) is 2.50. The molecule has 0 unspecified atom stereocenters. The Morgan fingerprint density at radius 1 is 1.11 bits per heavy atom. The van der Waals surface area contributed by atoms with Crippen molar-refractivity contribution in [2.24, 2.45) is 0 Å². The molecule has 0 aromatic heterocycles. The minimum Gasteiger partial charge on any atom is -0.394 e. The summed E-state index contributed by atoms with van der Waals surface area (Å²) in [6.07, 6.45) is 6.03. The van der Waals surface area contributed by atoms with Crippen LogP contribution >= 0.6 is 0 Å². The highest BCUT2D eigenvalue weighted by molar-refractivity contribution is 5.45. The molecule has 0 aliphatic heterocycles. The molecular weight excluding hydrogens is 226 g/mol. The zero-order valence-electron chi connectivity index (χ0n) is 10.8. The summed E-state index contributed by atoms with van der Waals surface area (Å²) in [5, 5.41) is 21.1. The minimum atomic E-state index is -0.692. The quantitative estimate of drug-likeness (QED) is 0.751. The molecule has 0 saturated heterocycles. The Balaban J connectivity index is 1.88. The second-order valence-corrected chi connectivity index (χ2v) is 5.17. The summed E-state index contributed by atoms with van der Waals surface area (Å²) in [7, 11) is 0. The van der Waals surface area contributed by atoms with Crippen LogP contribution in [-0.2, 0) is 0 Å². The van der Waals surface area contributed by atoms with E-state index in [1.54, 1.807) is 0 Å². The third-order valence-electron chi connectivity index (χ3n) is 3.74. The van der Waals surface area contributed by atoms with Crippen LogP contribution in [0.4, 0.5) is 5.69 Å². The molecular formula is C15H23NO2. The van der Waals surface area contributed by atoms with E-state index in [0.29, 0.717) is 6.54 Å². The molecule has 0 heterocycles. The third kappa shape index (κ3) is 3.72. The topological polar surface area (TPSA) is 52.5 Å². The lowest BCUT2D eigenvalue weighted by Crippen LogP contribution is -2.22. The van der Waals surface area contributed by atoms with Gasteiger partial charge in [-0.2, -0.15) is 0 Å². The minimum absolute atomic E-state index is 0.201. The number of hydrogen-bond donors (Lipinski definition) is 3. The van der Waals surface area contributed by atoms with E-state index in [4.69, 9.17) is 5.11 Å². The van der Waals surface area contributed by atoms with E-state index < -0.39 is 6.10 Å². The van der Waals surface area contributed by atoms with Crippen LogP contribution in [0.25, 0.3) is 0 Å². The highest BCUT2D eigenvalue weighted by Gasteiger charge is 2.15. The predicted molar refractivity (Wildman–Crippen MR) is 73.9 cm³/mol. The number of benzene rings is 1. The van der Waals surface area contributed by atoms with Crippen molar-refractivity contribution in [3.05, 3.63) is 29.8 Å². The molecule has 3 N–H and O–H groups in total. The molecule has 1 aliphatic carbocycles. The van der Waals surface area contributed by atoms with Crippen molar-refractivity contribution in [1.82, 2.24) is 0 Å². The van der Waals surface area contributed by atoms with Crippen molar-refractivity contribution in [1.29, 1.82) is 0 Å². The molecule has 0 spiro atoms. The zero-order chi connectivity index (χ0) is 12.8. The van der Waals surface area contributed by atoms with Crippen LogP contribution in [-0.4, -0.2) is 29.5 Å². The molecule has 1 aromatic carbocycles. The van der Waals surface area contributed by atoms with Gasteiger partial charge in [0.15, 0.2) is 0 Å². The fraction of sp³-hybridized carbons (Fsp3) is 0.600. The molecule has 2 rings (SSSR count). The summed E-state index contributed by atoms with van der Waals surface area (Å²) in [4.78, 5) is 0. The van der Waals surface area contributed by atoms with Crippen LogP contribution in [0.3, 0.4) is 0 Å². The van der Waals surface area contributed by atoms with Crippen molar-refractivity contribution in [3.63, 3.8) is 0 Å². The summed E-state index contributed by atoms with van der Waals surface area (Å²) >= 11 is 0. The fourth-order valence-corrected chi connectivity index (χ4v) is 2.61. The Morgan fingerprint density at radius 2 is 1.78 bits per heavy atom. The molecule has 18 heavy (non-hydrogen) atoms. The zero-order valence-corrected chi connectivity index (χ0v) is 10.8. The summed E-state index contributed by atoms with van der Waals surface area (Å²) in [5.41, 5.74) is 2.44. The Morgan fingerprint density at radius 3 is 2.39 bits per heavy atom. The van der Waals surface area contributed by atoms with Crippen molar-refractivity contribution < 1.29 is 10.2 Å². The lowest BCUT2D eigenvalue weighted by atomic mass is 9.84.